The Balaban J connectivity index is 2.49. The van der Waals surface area contributed by atoms with Crippen molar-refractivity contribution in [3.05, 3.63) is 12.2 Å². The number of rotatable bonds is 8. The van der Waals surface area contributed by atoms with Crippen molar-refractivity contribution in [2.24, 2.45) is 0 Å². The van der Waals surface area contributed by atoms with E-state index >= 15 is 0 Å². The molecule has 0 aromatic heterocycles. The monoisotopic (exact) mass is 383 g/mol. The summed E-state index contributed by atoms with van der Waals surface area (Å²) in [6, 6.07) is -1.39. The first-order valence-electron chi connectivity index (χ1n) is 9.28. The van der Waals surface area contributed by atoms with Crippen LogP contribution in [0.2, 0.25) is 0 Å². The molecule has 1 fully saturated rings. The van der Waals surface area contributed by atoms with E-state index in [1.807, 2.05) is 0 Å². The number of esters is 2. The summed E-state index contributed by atoms with van der Waals surface area (Å²) in [7, 11) is 0. The van der Waals surface area contributed by atoms with Crippen LogP contribution in [0.25, 0.3) is 0 Å². The summed E-state index contributed by atoms with van der Waals surface area (Å²) in [5.41, 5.74) is -0.121. The third kappa shape index (κ3) is 8.70. The van der Waals surface area contributed by atoms with Gasteiger partial charge in [-0.15, -0.1) is 0 Å². The Bertz CT molecular complexity index is 564. The lowest BCUT2D eigenvalue weighted by molar-refractivity contribution is -0.156. The van der Waals surface area contributed by atoms with E-state index in [-0.39, 0.29) is 18.1 Å². The van der Waals surface area contributed by atoms with Crippen molar-refractivity contribution in [2.75, 3.05) is 0 Å². The van der Waals surface area contributed by atoms with Crippen molar-refractivity contribution in [3.8, 4) is 0 Å². The molecule has 1 amide bonds. The Kier molecular flexibility index (Phi) is 9.53. The van der Waals surface area contributed by atoms with Gasteiger partial charge in [0.05, 0.1) is 6.42 Å². The number of amides is 1. The van der Waals surface area contributed by atoms with Gasteiger partial charge in [0.1, 0.15) is 12.2 Å². The van der Waals surface area contributed by atoms with E-state index in [9.17, 15) is 19.2 Å². The molecule has 152 valence electrons. The second kappa shape index (κ2) is 11.4. The molecule has 1 saturated carbocycles. The van der Waals surface area contributed by atoms with Crippen LogP contribution in [0, 0.1) is 0 Å². The number of ether oxygens (including phenoxy) is 2. The van der Waals surface area contributed by atoms with Crippen LogP contribution < -0.4 is 5.32 Å². The van der Waals surface area contributed by atoms with Crippen molar-refractivity contribution >= 4 is 23.8 Å². The van der Waals surface area contributed by atoms with Gasteiger partial charge in [0.2, 0.25) is 5.91 Å². The minimum Gasteiger partial charge on any atom is -0.480 e. The maximum Gasteiger partial charge on any atom is 0.334 e. The van der Waals surface area contributed by atoms with Gasteiger partial charge in [0, 0.05) is 12.5 Å². The van der Waals surface area contributed by atoms with Gasteiger partial charge >= 0.3 is 17.9 Å². The predicted molar refractivity (Wildman–Crippen MR) is 96.8 cm³/mol. The van der Waals surface area contributed by atoms with Crippen molar-refractivity contribution < 1.29 is 33.8 Å². The standard InChI is InChI=1S/C19H29NO7/c1-12(11-16(22)27-15-9-7-5-4-6-8-10-15)19(25)26-13(2)17(18(23)24)20-14(3)21/h13,15,17H,1,4-11H2,2-3H3,(H,20,21)(H,23,24)/t13-,17+/m0/s1. The van der Waals surface area contributed by atoms with Crippen molar-refractivity contribution in [1.82, 2.24) is 5.32 Å². The summed E-state index contributed by atoms with van der Waals surface area (Å²) in [5, 5.41) is 11.3. The van der Waals surface area contributed by atoms with E-state index < -0.39 is 36.0 Å². The molecule has 0 radical (unpaired) electrons. The number of carbonyl (C=O) groups is 4. The Labute approximate surface area is 159 Å². The fourth-order valence-corrected chi connectivity index (χ4v) is 2.93. The normalized spacial score (nSPS) is 17.6. The Morgan fingerprint density at radius 1 is 1.11 bits per heavy atom. The summed E-state index contributed by atoms with van der Waals surface area (Å²) in [6.07, 6.45) is 5.53. The molecule has 0 bridgehead atoms. The minimum atomic E-state index is -1.39. The molecule has 8 nitrogen and oxygen atoms in total. The number of carboxylic acids is 1. The van der Waals surface area contributed by atoms with Gasteiger partial charge in [-0.3, -0.25) is 9.59 Å². The van der Waals surface area contributed by atoms with Crippen LogP contribution in [0.1, 0.15) is 65.2 Å². The quantitative estimate of drug-likeness (QED) is 0.486. The first kappa shape index (κ1) is 22.7. The third-order valence-corrected chi connectivity index (χ3v) is 4.38. The van der Waals surface area contributed by atoms with Gasteiger partial charge in [0.25, 0.3) is 0 Å². The molecule has 1 rings (SSSR count). The number of hydrogen-bond acceptors (Lipinski definition) is 6. The molecule has 1 aliphatic rings. The van der Waals surface area contributed by atoms with Crippen molar-refractivity contribution in [3.63, 3.8) is 0 Å². The average molecular weight is 383 g/mol. The zero-order valence-corrected chi connectivity index (χ0v) is 16.0. The highest BCUT2D eigenvalue weighted by molar-refractivity contribution is 5.93. The molecule has 0 aliphatic heterocycles. The highest BCUT2D eigenvalue weighted by Gasteiger charge is 2.29. The van der Waals surface area contributed by atoms with Gasteiger partial charge < -0.3 is 19.9 Å². The second-order valence-electron chi connectivity index (χ2n) is 6.86. The van der Waals surface area contributed by atoms with Crippen LogP contribution in [0.5, 0.6) is 0 Å². The summed E-state index contributed by atoms with van der Waals surface area (Å²) in [4.78, 5) is 46.4. The summed E-state index contributed by atoms with van der Waals surface area (Å²) < 4.78 is 10.5. The zero-order valence-electron chi connectivity index (χ0n) is 16.0. The lowest BCUT2D eigenvalue weighted by atomic mass is 9.98. The van der Waals surface area contributed by atoms with E-state index in [0.717, 1.165) is 45.4 Å². The van der Waals surface area contributed by atoms with Crippen LogP contribution in [0.4, 0.5) is 0 Å². The Morgan fingerprint density at radius 2 is 1.67 bits per heavy atom. The van der Waals surface area contributed by atoms with Gasteiger partial charge in [-0.25, -0.2) is 9.59 Å². The molecule has 27 heavy (non-hydrogen) atoms. The summed E-state index contributed by atoms with van der Waals surface area (Å²) in [5.74, 6) is -3.34. The molecule has 2 atom stereocenters. The molecule has 0 aromatic carbocycles. The average Bonchev–Trinajstić information content (AvgIpc) is 2.54. The second-order valence-corrected chi connectivity index (χ2v) is 6.86. The number of nitrogens with one attached hydrogen (secondary N) is 1. The SMILES string of the molecule is C=C(CC(=O)OC1CCCCCCC1)C(=O)O[C@@H](C)[C@@H](NC(C)=O)C(=O)O. The van der Waals surface area contributed by atoms with Gasteiger partial charge in [-0.1, -0.05) is 25.8 Å². The summed E-state index contributed by atoms with van der Waals surface area (Å²) in [6.45, 7) is 6.03. The molecule has 1 aliphatic carbocycles. The number of aliphatic carboxylic acids is 1. The molecule has 8 heteroatoms. The molecular weight excluding hydrogens is 354 g/mol. The highest BCUT2D eigenvalue weighted by atomic mass is 16.6. The molecule has 0 spiro atoms. The van der Waals surface area contributed by atoms with Gasteiger partial charge in [0.15, 0.2) is 6.04 Å². The smallest absolute Gasteiger partial charge is 0.334 e. The van der Waals surface area contributed by atoms with Gasteiger partial charge in [-0.2, -0.15) is 0 Å². The Morgan fingerprint density at radius 3 is 2.19 bits per heavy atom. The maximum absolute atomic E-state index is 12.1. The largest absolute Gasteiger partial charge is 0.480 e. The fraction of sp³-hybridized carbons (Fsp3) is 0.684. The molecule has 0 heterocycles. The zero-order chi connectivity index (χ0) is 20.4. The Hall–Kier alpha value is -2.38. The van der Waals surface area contributed by atoms with E-state index in [2.05, 4.69) is 11.9 Å². The molecule has 0 aromatic rings. The van der Waals surface area contributed by atoms with Crippen LogP contribution in [0.3, 0.4) is 0 Å². The molecular formula is C19H29NO7. The van der Waals surface area contributed by atoms with Crippen molar-refractivity contribution in [1.29, 1.82) is 0 Å². The van der Waals surface area contributed by atoms with Crippen molar-refractivity contribution in [2.45, 2.75) is 83.5 Å². The topological polar surface area (TPSA) is 119 Å². The fourth-order valence-electron chi connectivity index (χ4n) is 2.93. The van der Waals surface area contributed by atoms with Gasteiger partial charge in [-0.05, 0) is 32.6 Å². The van der Waals surface area contributed by atoms with E-state index in [4.69, 9.17) is 14.6 Å². The van der Waals surface area contributed by atoms with E-state index in [1.165, 1.54) is 13.3 Å². The molecule has 2 N–H and O–H groups in total. The van der Waals surface area contributed by atoms with Crippen LogP contribution in [0.15, 0.2) is 12.2 Å². The number of carbonyl (C=O) groups excluding carboxylic acids is 3. The van der Waals surface area contributed by atoms with Crippen LogP contribution >= 0.6 is 0 Å². The van der Waals surface area contributed by atoms with E-state index in [0.29, 0.717) is 0 Å². The molecule has 0 saturated heterocycles. The predicted octanol–water partition coefficient (Wildman–Crippen LogP) is 2.11. The minimum absolute atomic E-state index is 0.121. The number of hydrogen-bond donors (Lipinski definition) is 2. The molecule has 0 unspecified atom stereocenters. The first-order chi connectivity index (χ1) is 12.7. The lowest BCUT2D eigenvalue weighted by Crippen LogP contribution is -2.48. The summed E-state index contributed by atoms with van der Waals surface area (Å²) >= 11 is 0. The van der Waals surface area contributed by atoms with E-state index in [1.54, 1.807) is 0 Å². The number of carboxylic acid groups (broad SMARTS) is 1. The highest BCUT2D eigenvalue weighted by Crippen LogP contribution is 2.20. The van der Waals surface area contributed by atoms with Crippen LogP contribution in [-0.4, -0.2) is 47.2 Å². The lowest BCUT2D eigenvalue weighted by Gasteiger charge is -2.22. The third-order valence-electron chi connectivity index (χ3n) is 4.38. The van der Waals surface area contributed by atoms with Crippen LogP contribution in [-0.2, 0) is 28.7 Å². The first-order valence-corrected chi connectivity index (χ1v) is 9.28. The maximum atomic E-state index is 12.1.